The van der Waals surface area contributed by atoms with Gasteiger partial charge in [-0.1, -0.05) is 39.1 Å². The number of aromatic carboxylic acids is 1. The van der Waals surface area contributed by atoms with E-state index in [0.29, 0.717) is 15.7 Å². The van der Waals surface area contributed by atoms with Gasteiger partial charge in [0.15, 0.2) is 0 Å². The molecule has 0 fully saturated rings. The number of carboxylic acid groups (broad SMARTS) is 1. The van der Waals surface area contributed by atoms with E-state index in [9.17, 15) is 4.79 Å². The van der Waals surface area contributed by atoms with Gasteiger partial charge in [-0.3, -0.25) is 0 Å². The minimum atomic E-state index is -0.957. The van der Waals surface area contributed by atoms with E-state index >= 15 is 0 Å². The van der Waals surface area contributed by atoms with E-state index in [1.165, 1.54) is 17.3 Å². The van der Waals surface area contributed by atoms with Crippen molar-refractivity contribution in [1.82, 2.24) is 0 Å². The van der Waals surface area contributed by atoms with Crippen molar-refractivity contribution in [3.05, 3.63) is 38.8 Å². The van der Waals surface area contributed by atoms with Gasteiger partial charge in [-0.15, -0.1) is 11.8 Å². The molecule has 0 amide bonds. The largest absolute Gasteiger partial charge is 0.478 e. The van der Waals surface area contributed by atoms with E-state index in [2.05, 4.69) is 15.9 Å². The van der Waals surface area contributed by atoms with E-state index < -0.39 is 5.97 Å². The molecule has 1 rings (SSSR count). The van der Waals surface area contributed by atoms with Gasteiger partial charge in [-0.25, -0.2) is 4.79 Å². The summed E-state index contributed by atoms with van der Waals surface area (Å²) < 4.78 is 0.825. The minimum Gasteiger partial charge on any atom is -0.478 e. The Balaban J connectivity index is 2.92. The van der Waals surface area contributed by atoms with Crippen LogP contribution in [0, 0.1) is 0 Å². The van der Waals surface area contributed by atoms with Crippen molar-refractivity contribution in [3.63, 3.8) is 0 Å². The van der Waals surface area contributed by atoms with Crippen LogP contribution >= 0.6 is 50.9 Å². The minimum absolute atomic E-state index is 0.257. The molecule has 0 spiro atoms. The first kappa shape index (κ1) is 13.9. The third-order valence-corrected chi connectivity index (χ3v) is 4.03. The van der Waals surface area contributed by atoms with Gasteiger partial charge in [0.05, 0.1) is 5.56 Å². The van der Waals surface area contributed by atoms with Crippen LogP contribution in [0.3, 0.4) is 0 Å². The lowest BCUT2D eigenvalue weighted by Crippen LogP contribution is -1.98. The van der Waals surface area contributed by atoms with E-state index in [1.807, 2.05) is 0 Å². The zero-order valence-corrected chi connectivity index (χ0v) is 11.8. The molecule has 0 atom stereocenters. The second-order valence-corrected chi connectivity index (χ2v) is 5.43. The van der Waals surface area contributed by atoms with E-state index in [1.54, 1.807) is 18.2 Å². The third kappa shape index (κ3) is 4.01. The van der Waals surface area contributed by atoms with E-state index in [-0.39, 0.29) is 5.56 Å². The SMILES string of the molecule is O=C(O)c1ccc(Br)cc1SC/C(Cl)=C/Cl. The van der Waals surface area contributed by atoms with Gasteiger partial charge in [0.2, 0.25) is 0 Å². The summed E-state index contributed by atoms with van der Waals surface area (Å²) in [6, 6.07) is 4.98. The fraction of sp³-hybridized carbons (Fsp3) is 0.100. The molecule has 1 aromatic carbocycles. The molecule has 0 aliphatic carbocycles. The summed E-state index contributed by atoms with van der Waals surface area (Å²) in [6.07, 6.45) is 0. The van der Waals surface area contributed by atoms with Crippen LogP contribution < -0.4 is 0 Å². The number of hydrogen-bond acceptors (Lipinski definition) is 2. The van der Waals surface area contributed by atoms with Crippen molar-refractivity contribution in [1.29, 1.82) is 0 Å². The first-order chi connectivity index (χ1) is 7.54. The van der Waals surface area contributed by atoms with Crippen LogP contribution in [-0.4, -0.2) is 16.8 Å². The molecule has 0 heterocycles. The molecular weight excluding hydrogens is 335 g/mol. The van der Waals surface area contributed by atoms with Gasteiger partial charge in [0.25, 0.3) is 0 Å². The molecule has 0 unspecified atom stereocenters. The standard InChI is InChI=1S/C10H7BrCl2O2S/c11-6-1-2-8(10(14)15)9(3-6)16-5-7(13)4-12/h1-4H,5H2,(H,14,15)/b7-4-. The summed E-state index contributed by atoms with van der Waals surface area (Å²) in [5.41, 5.74) is 1.53. The molecule has 1 aromatic rings. The molecule has 0 aliphatic rings. The summed E-state index contributed by atoms with van der Waals surface area (Å²) in [7, 11) is 0. The highest BCUT2D eigenvalue weighted by molar-refractivity contribution is 9.10. The Hall–Kier alpha value is -0.160. The smallest absolute Gasteiger partial charge is 0.336 e. The number of benzene rings is 1. The Morgan fingerprint density at radius 3 is 2.81 bits per heavy atom. The monoisotopic (exact) mass is 340 g/mol. The maximum absolute atomic E-state index is 10.9. The number of carboxylic acids is 1. The van der Waals surface area contributed by atoms with Gasteiger partial charge in [0.1, 0.15) is 0 Å². The van der Waals surface area contributed by atoms with Crippen molar-refractivity contribution in [2.45, 2.75) is 4.90 Å². The summed E-state index contributed by atoms with van der Waals surface area (Å²) in [5, 5.41) is 9.45. The topological polar surface area (TPSA) is 37.3 Å². The Morgan fingerprint density at radius 1 is 1.56 bits per heavy atom. The van der Waals surface area contributed by atoms with Gasteiger partial charge < -0.3 is 5.11 Å². The van der Waals surface area contributed by atoms with Gasteiger partial charge in [-0.05, 0) is 18.2 Å². The van der Waals surface area contributed by atoms with Crippen LogP contribution in [0.2, 0.25) is 0 Å². The molecule has 0 saturated heterocycles. The Kier molecular flexibility index (Phi) is 5.69. The maximum Gasteiger partial charge on any atom is 0.336 e. The summed E-state index contributed by atoms with van der Waals surface area (Å²) in [5.74, 6) is -0.511. The second kappa shape index (κ2) is 6.55. The Labute approximate surface area is 116 Å². The summed E-state index contributed by atoms with van der Waals surface area (Å²) >= 11 is 15.8. The maximum atomic E-state index is 10.9. The molecular formula is C10H7BrCl2O2S. The lowest BCUT2D eigenvalue weighted by atomic mass is 10.2. The average Bonchev–Trinajstić information content (AvgIpc) is 2.25. The zero-order valence-electron chi connectivity index (χ0n) is 7.91. The first-order valence-electron chi connectivity index (χ1n) is 4.15. The van der Waals surface area contributed by atoms with Crippen LogP contribution in [0.5, 0.6) is 0 Å². The summed E-state index contributed by atoms with van der Waals surface area (Å²) in [6.45, 7) is 0. The number of carbonyl (C=O) groups is 1. The lowest BCUT2D eigenvalue weighted by Gasteiger charge is -2.05. The van der Waals surface area contributed by atoms with Crippen LogP contribution in [0.15, 0.2) is 38.1 Å². The highest BCUT2D eigenvalue weighted by Gasteiger charge is 2.11. The normalized spacial score (nSPS) is 11.6. The van der Waals surface area contributed by atoms with E-state index in [4.69, 9.17) is 28.3 Å². The fourth-order valence-corrected chi connectivity index (χ4v) is 2.71. The number of rotatable bonds is 4. The number of thioether (sulfide) groups is 1. The third-order valence-electron chi connectivity index (χ3n) is 1.66. The fourth-order valence-electron chi connectivity index (χ4n) is 0.970. The molecule has 1 N–H and O–H groups in total. The molecule has 0 aromatic heterocycles. The second-order valence-electron chi connectivity index (χ2n) is 2.79. The highest BCUT2D eigenvalue weighted by atomic mass is 79.9. The molecule has 0 saturated carbocycles. The molecule has 0 aliphatic heterocycles. The molecule has 6 heteroatoms. The molecule has 2 nitrogen and oxygen atoms in total. The van der Waals surface area contributed by atoms with Crippen molar-refractivity contribution in [2.75, 3.05) is 5.75 Å². The molecule has 86 valence electrons. The van der Waals surface area contributed by atoms with Crippen molar-refractivity contribution < 1.29 is 9.90 Å². The number of hydrogen-bond donors (Lipinski definition) is 1. The Morgan fingerprint density at radius 2 is 2.25 bits per heavy atom. The van der Waals surface area contributed by atoms with Crippen LogP contribution in [0.4, 0.5) is 0 Å². The molecule has 0 radical (unpaired) electrons. The molecule has 0 bridgehead atoms. The molecule has 16 heavy (non-hydrogen) atoms. The predicted octanol–water partition coefficient (Wildman–Crippen LogP) is 4.56. The van der Waals surface area contributed by atoms with E-state index in [0.717, 1.165) is 4.47 Å². The van der Waals surface area contributed by atoms with Crippen molar-refractivity contribution in [2.24, 2.45) is 0 Å². The predicted molar refractivity (Wildman–Crippen MR) is 71.6 cm³/mol. The number of halogens is 3. The summed E-state index contributed by atoms with van der Waals surface area (Å²) in [4.78, 5) is 11.6. The zero-order chi connectivity index (χ0) is 12.1. The lowest BCUT2D eigenvalue weighted by molar-refractivity contribution is 0.0693. The van der Waals surface area contributed by atoms with Crippen LogP contribution in [0.25, 0.3) is 0 Å². The van der Waals surface area contributed by atoms with Gasteiger partial charge in [-0.2, -0.15) is 0 Å². The average molecular weight is 342 g/mol. The van der Waals surface area contributed by atoms with Crippen LogP contribution in [-0.2, 0) is 0 Å². The first-order valence-corrected chi connectivity index (χ1v) is 6.74. The van der Waals surface area contributed by atoms with Crippen LogP contribution in [0.1, 0.15) is 10.4 Å². The van der Waals surface area contributed by atoms with Crippen molar-refractivity contribution >= 4 is 56.9 Å². The quantitative estimate of drug-likeness (QED) is 0.816. The van der Waals surface area contributed by atoms with Gasteiger partial charge in [0, 0.05) is 25.7 Å². The van der Waals surface area contributed by atoms with Gasteiger partial charge >= 0.3 is 5.97 Å². The van der Waals surface area contributed by atoms with Crippen molar-refractivity contribution in [3.8, 4) is 0 Å². The Bertz CT molecular complexity index is 435. The highest BCUT2D eigenvalue weighted by Crippen LogP contribution is 2.28.